The number of nitrogens with zero attached hydrogens (tertiary/aromatic N) is 3. The van der Waals surface area contributed by atoms with E-state index < -0.39 is 56.2 Å². The first-order valence-corrected chi connectivity index (χ1v) is 20.6. The number of sulfonamides is 1. The minimum Gasteiger partial charge on any atom is -0.460 e. The zero-order valence-corrected chi connectivity index (χ0v) is 31.6. The minimum absolute atomic E-state index is 0.0761. The molecule has 0 bridgehead atoms. The Morgan fingerprint density at radius 2 is 1.75 bits per heavy atom. The third-order valence-electron chi connectivity index (χ3n) is 11.3. The van der Waals surface area contributed by atoms with E-state index in [-0.39, 0.29) is 36.5 Å². The van der Waals surface area contributed by atoms with Crippen LogP contribution in [0.15, 0.2) is 60.7 Å². The zero-order valence-electron chi connectivity index (χ0n) is 30.8. The van der Waals surface area contributed by atoms with Gasteiger partial charge < -0.3 is 19.9 Å². The Morgan fingerprint density at radius 1 is 0.981 bits per heavy atom. The molecule has 3 aliphatic heterocycles. The van der Waals surface area contributed by atoms with Crippen molar-refractivity contribution in [3.8, 4) is 11.3 Å². The molecule has 2 aliphatic carbocycles. The summed E-state index contributed by atoms with van der Waals surface area (Å²) in [6.45, 7) is 6.70. The summed E-state index contributed by atoms with van der Waals surface area (Å²) in [6.07, 6.45) is 8.72. The van der Waals surface area contributed by atoms with Crippen LogP contribution in [0.3, 0.4) is 0 Å². The number of anilines is 1. The van der Waals surface area contributed by atoms with Gasteiger partial charge in [-0.3, -0.25) is 23.9 Å². The molecule has 12 nitrogen and oxygen atoms in total. The van der Waals surface area contributed by atoms with Crippen LogP contribution in [0, 0.1) is 23.7 Å². The average molecular weight is 746 g/mol. The first-order valence-electron chi connectivity index (χ1n) is 19.1. The summed E-state index contributed by atoms with van der Waals surface area (Å²) < 4.78 is 33.7. The maximum atomic E-state index is 14.7. The average Bonchev–Trinajstić information content (AvgIpc) is 4.01. The smallest absolute Gasteiger partial charge is 0.307 e. The van der Waals surface area contributed by atoms with Gasteiger partial charge in [-0.05, 0) is 71.4 Å². The summed E-state index contributed by atoms with van der Waals surface area (Å²) >= 11 is 0. The van der Waals surface area contributed by atoms with Crippen molar-refractivity contribution in [3.05, 3.63) is 60.7 Å². The van der Waals surface area contributed by atoms with E-state index in [2.05, 4.69) is 14.9 Å². The Kier molecular flexibility index (Phi) is 10.2. The monoisotopic (exact) mass is 745 g/mol. The number of ether oxygens (including phenoxy) is 1. The first-order chi connectivity index (χ1) is 25.2. The number of amides is 3. The van der Waals surface area contributed by atoms with Crippen LogP contribution in [-0.4, -0.2) is 84.1 Å². The van der Waals surface area contributed by atoms with Gasteiger partial charge in [0, 0.05) is 48.9 Å². The molecule has 0 radical (unpaired) electrons. The van der Waals surface area contributed by atoms with E-state index in [0.717, 1.165) is 42.8 Å². The number of pyridine rings is 1. The van der Waals surface area contributed by atoms with Gasteiger partial charge in [0.2, 0.25) is 21.8 Å². The molecular weight excluding hydrogens is 695 g/mol. The second kappa shape index (κ2) is 14.5. The number of aromatic nitrogens is 1. The number of hydrogen-bond donors (Lipinski definition) is 2. The number of fused-ring (bicyclic) bond motifs is 4. The SMILES string of the molecule is CC(C)(C)OC(=O)C[C@H]1CCCCC/C=C\[C@@H]2C[C@@]2(C(=O)NS(=O)(=O)C2CC2)NC(=O)[C@@H]2[C@H]3CN(c4cccc(-c5ccccc5)n4)C[C@H]3CN2C1=O. The van der Waals surface area contributed by atoms with Gasteiger partial charge in [-0.1, -0.05) is 61.4 Å². The molecule has 7 rings (SSSR count). The van der Waals surface area contributed by atoms with Crippen molar-refractivity contribution in [2.45, 2.75) is 101 Å². The van der Waals surface area contributed by atoms with Crippen molar-refractivity contribution < 1.29 is 32.3 Å². The first kappa shape index (κ1) is 37.1. The Hall–Kier alpha value is -4.26. The van der Waals surface area contributed by atoms with Crippen LogP contribution < -0.4 is 14.9 Å². The molecule has 2 saturated carbocycles. The minimum atomic E-state index is -3.86. The van der Waals surface area contributed by atoms with Crippen LogP contribution in [0.2, 0.25) is 0 Å². The number of carbonyl (C=O) groups excluding carboxylic acids is 4. The summed E-state index contributed by atoms with van der Waals surface area (Å²) in [5.74, 6) is -2.59. The normalized spacial score (nSPS) is 29.8. The number of allylic oxidation sites excluding steroid dienone is 1. The van der Waals surface area contributed by atoms with E-state index in [1.54, 1.807) is 25.7 Å². The lowest BCUT2D eigenvalue weighted by Gasteiger charge is -2.33. The molecular formula is C40H51N5O7S. The molecule has 6 atom stereocenters. The number of rotatable bonds is 7. The highest BCUT2D eigenvalue weighted by molar-refractivity contribution is 7.91. The molecule has 3 amide bonds. The third kappa shape index (κ3) is 8.14. The van der Waals surface area contributed by atoms with Gasteiger partial charge in [-0.15, -0.1) is 0 Å². The van der Waals surface area contributed by atoms with Gasteiger partial charge in [-0.25, -0.2) is 13.4 Å². The van der Waals surface area contributed by atoms with Crippen LogP contribution in [0.25, 0.3) is 11.3 Å². The molecule has 2 N–H and O–H groups in total. The van der Waals surface area contributed by atoms with Crippen molar-refractivity contribution in [1.82, 2.24) is 19.9 Å². The summed E-state index contributed by atoms with van der Waals surface area (Å²) in [5, 5.41) is 2.41. The van der Waals surface area contributed by atoms with Gasteiger partial charge in [0.25, 0.3) is 5.91 Å². The fourth-order valence-corrected chi connectivity index (χ4v) is 9.71. The van der Waals surface area contributed by atoms with Gasteiger partial charge in [-0.2, -0.15) is 0 Å². The molecule has 284 valence electrons. The molecule has 53 heavy (non-hydrogen) atoms. The highest BCUT2D eigenvalue weighted by Gasteiger charge is 2.63. The fraction of sp³-hybridized carbons (Fsp3) is 0.575. The van der Waals surface area contributed by atoms with Crippen LogP contribution in [0.1, 0.15) is 78.6 Å². The van der Waals surface area contributed by atoms with Crippen LogP contribution in [0.4, 0.5) is 5.82 Å². The quantitative estimate of drug-likeness (QED) is 0.311. The summed E-state index contributed by atoms with van der Waals surface area (Å²) in [4.78, 5) is 65.0. The second-order valence-corrected chi connectivity index (χ2v) is 18.5. The van der Waals surface area contributed by atoms with E-state index in [0.29, 0.717) is 38.9 Å². The largest absolute Gasteiger partial charge is 0.460 e. The predicted octanol–water partition coefficient (Wildman–Crippen LogP) is 4.36. The van der Waals surface area contributed by atoms with Crippen LogP contribution >= 0.6 is 0 Å². The molecule has 0 unspecified atom stereocenters. The van der Waals surface area contributed by atoms with Crippen molar-refractivity contribution >= 4 is 39.5 Å². The number of benzene rings is 1. The molecule has 4 fully saturated rings. The lowest BCUT2D eigenvalue weighted by Crippen LogP contribution is -2.58. The van der Waals surface area contributed by atoms with E-state index >= 15 is 0 Å². The number of hydrogen-bond acceptors (Lipinski definition) is 9. The van der Waals surface area contributed by atoms with Crippen molar-refractivity contribution in [3.63, 3.8) is 0 Å². The van der Waals surface area contributed by atoms with Crippen LogP contribution in [0.5, 0.6) is 0 Å². The Labute approximate surface area is 312 Å². The second-order valence-electron chi connectivity index (χ2n) is 16.5. The van der Waals surface area contributed by atoms with Gasteiger partial charge in [0.15, 0.2) is 0 Å². The lowest BCUT2D eigenvalue weighted by atomic mass is 9.92. The summed E-state index contributed by atoms with van der Waals surface area (Å²) in [7, 11) is -3.86. The Bertz CT molecular complexity index is 1870. The topological polar surface area (TPSA) is 155 Å². The molecule has 13 heteroatoms. The predicted molar refractivity (Wildman–Crippen MR) is 200 cm³/mol. The Balaban J connectivity index is 1.19. The lowest BCUT2D eigenvalue weighted by molar-refractivity contribution is -0.159. The third-order valence-corrected chi connectivity index (χ3v) is 13.1. The van der Waals surface area contributed by atoms with E-state index in [1.807, 2.05) is 60.7 Å². The zero-order chi connectivity index (χ0) is 37.5. The van der Waals surface area contributed by atoms with Gasteiger partial charge in [0.1, 0.15) is 23.0 Å². The van der Waals surface area contributed by atoms with Crippen molar-refractivity contribution in [2.75, 3.05) is 24.5 Å². The highest BCUT2D eigenvalue weighted by atomic mass is 32.2. The molecule has 1 aromatic carbocycles. The molecule has 5 aliphatic rings. The standard InChI is InChI=1S/C40H51N5O7S/c1-39(2,3)52-34(46)21-27-15-8-5-4-6-11-16-29-22-40(29,38(49)43-53(50,51)30-19-20-30)42-36(47)35-31-25-44(23-28(31)24-45(35)37(27)48)33-18-12-17-32(41-33)26-13-9-7-10-14-26/h7,9-14,16-18,27-31,35H,4-6,8,15,19-25H2,1-3H3,(H,42,47)(H,43,49)/b16-11-/t27-,28+,29-,31+,35+,40-/m1/s1. The van der Waals surface area contributed by atoms with Crippen LogP contribution in [-0.2, 0) is 33.9 Å². The maximum absolute atomic E-state index is 14.7. The number of nitrogens with one attached hydrogen (secondary N) is 2. The fourth-order valence-electron chi connectivity index (χ4n) is 8.34. The van der Waals surface area contributed by atoms with E-state index in [9.17, 15) is 27.6 Å². The molecule has 4 heterocycles. The summed E-state index contributed by atoms with van der Waals surface area (Å²) in [5.41, 5.74) is -0.335. The Morgan fingerprint density at radius 3 is 2.49 bits per heavy atom. The van der Waals surface area contributed by atoms with E-state index in [4.69, 9.17) is 9.72 Å². The molecule has 0 spiro atoms. The van der Waals surface area contributed by atoms with Crippen molar-refractivity contribution in [1.29, 1.82) is 0 Å². The van der Waals surface area contributed by atoms with Gasteiger partial charge in [0.05, 0.1) is 17.4 Å². The molecule has 2 aromatic rings. The van der Waals surface area contributed by atoms with Gasteiger partial charge >= 0.3 is 5.97 Å². The summed E-state index contributed by atoms with van der Waals surface area (Å²) in [6, 6.07) is 14.8. The highest BCUT2D eigenvalue weighted by Crippen LogP contribution is 2.47. The van der Waals surface area contributed by atoms with E-state index in [1.165, 1.54) is 0 Å². The molecule has 2 saturated heterocycles. The molecule has 1 aromatic heterocycles. The van der Waals surface area contributed by atoms with Crippen molar-refractivity contribution in [2.24, 2.45) is 23.7 Å². The number of carbonyl (C=O) groups is 4. The maximum Gasteiger partial charge on any atom is 0.307 e. The number of esters is 1.